The van der Waals surface area contributed by atoms with Gasteiger partial charge in [-0.2, -0.15) is 0 Å². The molecule has 4 rings (SSSR count). The maximum absolute atomic E-state index is 13.3. The average molecular weight is 529 g/mol. The summed E-state index contributed by atoms with van der Waals surface area (Å²) < 4.78 is 8.16. The highest BCUT2D eigenvalue weighted by Crippen LogP contribution is 2.34. The van der Waals surface area contributed by atoms with Crippen molar-refractivity contribution in [2.24, 2.45) is 0 Å². The molecular formula is C26H37ClN6O2Si. The molecule has 3 aromatic rings. The van der Waals surface area contributed by atoms with Crippen molar-refractivity contribution >= 4 is 42.2 Å². The second-order valence-electron chi connectivity index (χ2n) is 10.8. The standard InChI is InChI=1S/C26H37ClN6O2Si/c1-19(32-13-11-31(2)12-14-32)25(34)29-23-8-6-7-20-21(22-9-10-28-26(27)30-22)17-33(24(20)23)18-35-15-16-36(3,4)5/h6-10,17,19H,11-16,18H2,1-5H3,(H,29,34)/t19-/m1/s1. The number of piperazine rings is 1. The molecule has 1 aliphatic rings. The average Bonchev–Trinajstić information content (AvgIpc) is 3.21. The zero-order valence-corrected chi connectivity index (χ0v) is 23.7. The molecule has 0 aliphatic carbocycles. The summed E-state index contributed by atoms with van der Waals surface area (Å²) in [5, 5.41) is 4.38. The van der Waals surface area contributed by atoms with Crippen LogP contribution in [0.3, 0.4) is 0 Å². The topological polar surface area (TPSA) is 75.5 Å². The van der Waals surface area contributed by atoms with Gasteiger partial charge < -0.3 is 19.5 Å². The molecule has 1 aromatic carbocycles. The molecule has 3 heterocycles. The molecule has 2 aromatic heterocycles. The summed E-state index contributed by atoms with van der Waals surface area (Å²) in [6.45, 7) is 13.8. The van der Waals surface area contributed by atoms with Crippen molar-refractivity contribution in [3.8, 4) is 11.3 Å². The first-order chi connectivity index (χ1) is 17.1. The summed E-state index contributed by atoms with van der Waals surface area (Å²) in [5.74, 6) is -0.00826. The Morgan fingerprint density at radius 1 is 1.19 bits per heavy atom. The van der Waals surface area contributed by atoms with Gasteiger partial charge in [-0.3, -0.25) is 9.69 Å². The molecule has 1 amide bonds. The number of ether oxygens (including phenoxy) is 1. The summed E-state index contributed by atoms with van der Waals surface area (Å²) in [5.41, 5.74) is 3.33. The third kappa shape index (κ3) is 6.52. The second-order valence-corrected chi connectivity index (χ2v) is 16.7. The molecule has 1 N–H and O–H groups in total. The third-order valence-corrected chi connectivity index (χ3v) is 8.64. The van der Waals surface area contributed by atoms with E-state index < -0.39 is 8.07 Å². The molecule has 0 spiro atoms. The Balaban J connectivity index is 1.64. The Morgan fingerprint density at radius 3 is 2.64 bits per heavy atom. The first-order valence-electron chi connectivity index (χ1n) is 12.5. The fourth-order valence-electron chi connectivity index (χ4n) is 4.41. The van der Waals surface area contributed by atoms with Gasteiger partial charge in [0.2, 0.25) is 11.2 Å². The number of nitrogens with zero attached hydrogens (tertiary/aromatic N) is 5. The maximum Gasteiger partial charge on any atom is 0.241 e. The number of fused-ring (bicyclic) bond motifs is 1. The zero-order chi connectivity index (χ0) is 25.9. The number of rotatable bonds is 9. The van der Waals surface area contributed by atoms with Crippen LogP contribution in [0.4, 0.5) is 5.69 Å². The Hall–Kier alpha value is -2.30. The molecule has 0 unspecified atom stereocenters. The summed E-state index contributed by atoms with van der Waals surface area (Å²) >= 11 is 6.10. The molecule has 8 nitrogen and oxygen atoms in total. The van der Waals surface area contributed by atoms with Gasteiger partial charge in [0.15, 0.2) is 0 Å². The SMILES string of the molecule is C[C@H](C(=O)Nc1cccc2c(-c3ccnc(Cl)n3)cn(COCC[Si](C)(C)C)c12)N1CCN(C)CC1. The van der Waals surface area contributed by atoms with E-state index in [1.165, 1.54) is 0 Å². The van der Waals surface area contributed by atoms with Crippen LogP contribution >= 0.6 is 11.6 Å². The number of amides is 1. The molecule has 0 bridgehead atoms. The normalized spacial score (nSPS) is 16.4. The molecular weight excluding hydrogens is 492 g/mol. The van der Waals surface area contributed by atoms with E-state index in [2.05, 4.69) is 56.3 Å². The van der Waals surface area contributed by atoms with Gasteiger partial charge in [0.1, 0.15) is 6.73 Å². The van der Waals surface area contributed by atoms with Gasteiger partial charge in [0, 0.05) is 64.2 Å². The fraction of sp³-hybridized carbons (Fsp3) is 0.500. The van der Waals surface area contributed by atoms with Gasteiger partial charge in [-0.25, -0.2) is 9.97 Å². The van der Waals surface area contributed by atoms with Crippen molar-refractivity contribution in [1.29, 1.82) is 0 Å². The molecule has 1 saturated heterocycles. The van der Waals surface area contributed by atoms with Gasteiger partial charge in [-0.05, 0) is 43.7 Å². The van der Waals surface area contributed by atoms with Crippen molar-refractivity contribution in [3.63, 3.8) is 0 Å². The first kappa shape index (κ1) is 26.8. The number of aromatic nitrogens is 3. The Labute approximate surface area is 219 Å². The van der Waals surface area contributed by atoms with Crippen LogP contribution in [0.1, 0.15) is 6.92 Å². The minimum atomic E-state index is -1.20. The van der Waals surface area contributed by atoms with Gasteiger partial charge in [-0.15, -0.1) is 0 Å². The Kier molecular flexibility index (Phi) is 8.47. The Bertz CT molecular complexity index is 1200. The van der Waals surface area contributed by atoms with Gasteiger partial charge >= 0.3 is 0 Å². The summed E-state index contributed by atoms with van der Waals surface area (Å²) in [4.78, 5) is 26.3. The lowest BCUT2D eigenvalue weighted by atomic mass is 10.1. The highest BCUT2D eigenvalue weighted by atomic mass is 35.5. The second kappa shape index (κ2) is 11.4. The van der Waals surface area contributed by atoms with E-state index in [1.54, 1.807) is 6.20 Å². The van der Waals surface area contributed by atoms with E-state index in [-0.39, 0.29) is 17.2 Å². The molecule has 36 heavy (non-hydrogen) atoms. The quantitative estimate of drug-likeness (QED) is 0.248. The van der Waals surface area contributed by atoms with Crippen molar-refractivity contribution in [1.82, 2.24) is 24.3 Å². The predicted molar refractivity (Wildman–Crippen MR) is 149 cm³/mol. The van der Waals surface area contributed by atoms with E-state index >= 15 is 0 Å². The van der Waals surface area contributed by atoms with Crippen LogP contribution in [0.5, 0.6) is 0 Å². The third-order valence-electron chi connectivity index (χ3n) is 6.75. The van der Waals surface area contributed by atoms with Gasteiger partial charge in [-0.1, -0.05) is 31.8 Å². The van der Waals surface area contributed by atoms with Crippen LogP contribution in [0.2, 0.25) is 31.0 Å². The van der Waals surface area contributed by atoms with Crippen LogP contribution < -0.4 is 5.32 Å². The van der Waals surface area contributed by atoms with E-state index in [4.69, 9.17) is 16.3 Å². The van der Waals surface area contributed by atoms with E-state index in [1.807, 2.05) is 37.4 Å². The van der Waals surface area contributed by atoms with Crippen molar-refractivity contribution in [3.05, 3.63) is 41.9 Å². The number of hydrogen-bond donors (Lipinski definition) is 1. The number of carbonyl (C=O) groups excluding carboxylic acids is 1. The molecule has 1 atom stereocenters. The van der Waals surface area contributed by atoms with Crippen molar-refractivity contribution in [2.75, 3.05) is 45.2 Å². The highest BCUT2D eigenvalue weighted by molar-refractivity contribution is 6.76. The number of likely N-dealkylation sites (N-methyl/N-ethyl adjacent to an activating group) is 1. The lowest BCUT2D eigenvalue weighted by molar-refractivity contribution is -0.121. The number of para-hydroxylation sites is 1. The summed E-state index contributed by atoms with van der Waals surface area (Å²) in [6, 6.07) is 8.67. The number of carbonyl (C=O) groups is 1. The predicted octanol–water partition coefficient (Wildman–Crippen LogP) is 4.64. The number of hydrogen-bond acceptors (Lipinski definition) is 6. The van der Waals surface area contributed by atoms with E-state index in [0.29, 0.717) is 13.3 Å². The molecule has 0 saturated carbocycles. The number of benzene rings is 1. The van der Waals surface area contributed by atoms with E-state index in [9.17, 15) is 4.79 Å². The van der Waals surface area contributed by atoms with Crippen molar-refractivity contribution in [2.45, 2.75) is 45.4 Å². The fourth-order valence-corrected chi connectivity index (χ4v) is 5.31. The number of halogens is 1. The van der Waals surface area contributed by atoms with Crippen molar-refractivity contribution < 1.29 is 9.53 Å². The van der Waals surface area contributed by atoms with Gasteiger partial charge in [0.05, 0.1) is 22.9 Å². The van der Waals surface area contributed by atoms with Crippen LogP contribution in [0.15, 0.2) is 36.7 Å². The van der Waals surface area contributed by atoms with Crippen LogP contribution in [-0.2, 0) is 16.3 Å². The summed E-state index contributed by atoms with van der Waals surface area (Å²) in [7, 11) is 0.917. The summed E-state index contributed by atoms with van der Waals surface area (Å²) in [6.07, 6.45) is 3.68. The molecule has 1 fully saturated rings. The zero-order valence-electron chi connectivity index (χ0n) is 21.9. The Morgan fingerprint density at radius 2 is 1.94 bits per heavy atom. The smallest absolute Gasteiger partial charge is 0.241 e. The van der Waals surface area contributed by atoms with Crippen LogP contribution in [-0.4, -0.2) is 84.2 Å². The molecule has 0 radical (unpaired) electrons. The van der Waals surface area contributed by atoms with Crippen LogP contribution in [0, 0.1) is 0 Å². The molecule has 10 heteroatoms. The maximum atomic E-state index is 13.3. The van der Waals surface area contributed by atoms with E-state index in [0.717, 1.165) is 60.1 Å². The lowest BCUT2D eigenvalue weighted by Crippen LogP contribution is -2.51. The first-order valence-corrected chi connectivity index (χ1v) is 16.6. The largest absolute Gasteiger partial charge is 0.361 e. The lowest BCUT2D eigenvalue weighted by Gasteiger charge is -2.35. The minimum Gasteiger partial charge on any atom is -0.361 e. The van der Waals surface area contributed by atoms with Gasteiger partial charge in [0.25, 0.3) is 0 Å². The minimum absolute atomic E-state index is 0.00826. The monoisotopic (exact) mass is 528 g/mol. The molecule has 194 valence electrons. The molecule has 1 aliphatic heterocycles. The highest BCUT2D eigenvalue weighted by Gasteiger charge is 2.25. The number of nitrogens with one attached hydrogen (secondary N) is 1. The van der Waals surface area contributed by atoms with Crippen LogP contribution in [0.25, 0.3) is 22.2 Å². The number of anilines is 1.